The van der Waals surface area contributed by atoms with Crippen LogP contribution < -0.4 is 0 Å². The van der Waals surface area contributed by atoms with E-state index in [1.807, 2.05) is 24.5 Å². The molecule has 0 aromatic heterocycles. The minimum atomic E-state index is -3.38. The van der Waals surface area contributed by atoms with Crippen LogP contribution in [0.1, 0.15) is 27.6 Å². The fourth-order valence-corrected chi connectivity index (χ4v) is 5.78. The summed E-state index contributed by atoms with van der Waals surface area (Å²) >= 11 is 7.79. The molecule has 0 bridgehead atoms. The lowest BCUT2D eigenvalue weighted by Crippen LogP contribution is -2.33. The maximum Gasteiger partial charge on any atom is 0.253 e. The molecule has 1 amide bonds. The quantitative estimate of drug-likeness (QED) is 0.717. The molecular weight excluding hydrogens is 390 g/mol. The van der Waals surface area contributed by atoms with Gasteiger partial charge in [0, 0.05) is 28.6 Å². The topological polar surface area (TPSA) is 54.5 Å². The number of amides is 1. The number of nitrogens with zero attached hydrogens (tertiary/aromatic N) is 1. The third kappa shape index (κ3) is 4.08. The van der Waals surface area contributed by atoms with Crippen molar-refractivity contribution in [2.45, 2.75) is 16.6 Å². The molecule has 0 saturated carbocycles. The van der Waals surface area contributed by atoms with Crippen LogP contribution in [0.2, 0.25) is 5.02 Å². The molecule has 1 saturated heterocycles. The molecule has 138 valence electrons. The van der Waals surface area contributed by atoms with Crippen LogP contribution in [0.25, 0.3) is 0 Å². The van der Waals surface area contributed by atoms with Gasteiger partial charge in [0.05, 0.1) is 11.0 Å². The summed E-state index contributed by atoms with van der Waals surface area (Å²) in [5, 5.41) is -0.222. The second-order valence-electron chi connectivity index (χ2n) is 6.19. The lowest BCUT2D eigenvalue weighted by atomic mass is 10.1. The molecule has 0 radical (unpaired) electrons. The first kappa shape index (κ1) is 19.3. The maximum atomic E-state index is 12.8. The van der Waals surface area contributed by atoms with Crippen LogP contribution in [0.4, 0.5) is 0 Å². The Labute approximate surface area is 163 Å². The van der Waals surface area contributed by atoms with Gasteiger partial charge in [-0.2, -0.15) is 0 Å². The molecule has 2 aromatic carbocycles. The average molecular weight is 410 g/mol. The molecule has 1 aliphatic rings. The van der Waals surface area contributed by atoms with E-state index in [1.165, 1.54) is 0 Å². The van der Waals surface area contributed by atoms with Gasteiger partial charge in [-0.3, -0.25) is 4.79 Å². The zero-order valence-corrected chi connectivity index (χ0v) is 16.8. The van der Waals surface area contributed by atoms with Crippen molar-refractivity contribution in [2.75, 3.05) is 25.1 Å². The van der Waals surface area contributed by atoms with Gasteiger partial charge in [0.25, 0.3) is 5.91 Å². The Morgan fingerprint density at radius 1 is 1.15 bits per heavy atom. The largest absolute Gasteiger partial charge is 0.338 e. The van der Waals surface area contributed by atoms with Gasteiger partial charge < -0.3 is 4.90 Å². The zero-order chi connectivity index (χ0) is 18.7. The highest BCUT2D eigenvalue weighted by Gasteiger charge is 2.33. The summed E-state index contributed by atoms with van der Waals surface area (Å²) in [6.45, 7) is 0.586. The molecule has 7 heteroatoms. The fourth-order valence-electron chi connectivity index (χ4n) is 3.17. The Morgan fingerprint density at radius 2 is 1.92 bits per heavy atom. The van der Waals surface area contributed by atoms with Gasteiger partial charge in [-0.15, -0.1) is 11.8 Å². The Morgan fingerprint density at radius 3 is 2.65 bits per heavy atom. The van der Waals surface area contributed by atoms with E-state index in [9.17, 15) is 13.2 Å². The molecule has 1 aliphatic heterocycles. The third-order valence-corrected chi connectivity index (χ3v) is 7.77. The van der Waals surface area contributed by atoms with Gasteiger partial charge in [-0.25, -0.2) is 8.42 Å². The summed E-state index contributed by atoms with van der Waals surface area (Å²) < 4.78 is 25.5. The predicted molar refractivity (Wildman–Crippen MR) is 107 cm³/mol. The highest BCUT2D eigenvalue weighted by atomic mass is 35.5. The van der Waals surface area contributed by atoms with Crippen LogP contribution in [-0.2, 0) is 9.84 Å². The molecule has 3 rings (SSSR count). The van der Waals surface area contributed by atoms with Crippen molar-refractivity contribution >= 4 is 39.1 Å². The summed E-state index contributed by atoms with van der Waals surface area (Å²) in [4.78, 5) is 15.5. The Kier molecular flexibility index (Phi) is 5.95. The van der Waals surface area contributed by atoms with Gasteiger partial charge >= 0.3 is 0 Å². The summed E-state index contributed by atoms with van der Waals surface area (Å²) in [5.74, 6) is -0.187. The van der Waals surface area contributed by atoms with Crippen molar-refractivity contribution in [3.05, 3.63) is 64.7 Å². The Hall–Kier alpha value is -1.50. The molecule has 26 heavy (non-hydrogen) atoms. The van der Waals surface area contributed by atoms with E-state index in [-0.39, 0.29) is 18.2 Å². The second-order valence-corrected chi connectivity index (χ2v) is 9.78. The van der Waals surface area contributed by atoms with Gasteiger partial charge in [0.1, 0.15) is 0 Å². The van der Waals surface area contributed by atoms with E-state index in [2.05, 4.69) is 0 Å². The number of carbonyl (C=O) groups excluding carboxylic acids is 1. The van der Waals surface area contributed by atoms with Crippen LogP contribution in [0.3, 0.4) is 0 Å². The van der Waals surface area contributed by atoms with Crippen molar-refractivity contribution in [1.82, 2.24) is 4.90 Å². The van der Waals surface area contributed by atoms with E-state index in [0.717, 1.165) is 4.90 Å². The second kappa shape index (κ2) is 8.03. The van der Waals surface area contributed by atoms with Crippen LogP contribution >= 0.6 is 23.4 Å². The van der Waals surface area contributed by atoms with E-state index in [0.29, 0.717) is 29.1 Å². The number of halogens is 1. The standard InChI is InChI=1S/C19H20ClNO3S2/c1-25-15-6-4-5-14(13-15)19(22)21-10-9-18(26(23,24)12-11-21)16-7-2-3-8-17(16)20/h2-8,13,18H,9-12H2,1H3/t18-/m1/s1. The molecule has 0 spiro atoms. The summed E-state index contributed by atoms with van der Waals surface area (Å²) in [5.41, 5.74) is 1.21. The minimum absolute atomic E-state index is 0.0587. The maximum absolute atomic E-state index is 12.8. The Balaban J connectivity index is 1.84. The number of sulfone groups is 1. The summed E-state index contributed by atoms with van der Waals surface area (Å²) in [6, 6.07) is 14.4. The smallest absolute Gasteiger partial charge is 0.253 e. The number of hydrogen-bond donors (Lipinski definition) is 0. The number of benzene rings is 2. The van der Waals surface area contributed by atoms with Gasteiger partial charge in [0.15, 0.2) is 9.84 Å². The van der Waals surface area contributed by atoms with Crippen LogP contribution in [-0.4, -0.2) is 44.3 Å². The molecule has 4 nitrogen and oxygen atoms in total. The molecule has 1 atom stereocenters. The average Bonchev–Trinajstić information content (AvgIpc) is 2.80. The molecule has 0 N–H and O–H groups in total. The van der Waals surface area contributed by atoms with Crippen molar-refractivity contribution in [2.24, 2.45) is 0 Å². The first-order chi connectivity index (χ1) is 12.4. The van der Waals surface area contributed by atoms with Crippen molar-refractivity contribution in [3.8, 4) is 0 Å². The van der Waals surface area contributed by atoms with E-state index in [1.54, 1.807) is 47.0 Å². The lowest BCUT2D eigenvalue weighted by Gasteiger charge is -2.20. The first-order valence-corrected chi connectivity index (χ1v) is 11.6. The van der Waals surface area contributed by atoms with Gasteiger partial charge in [0.2, 0.25) is 0 Å². The molecule has 0 aliphatic carbocycles. The Bertz CT molecular complexity index is 915. The van der Waals surface area contributed by atoms with Gasteiger partial charge in [-0.1, -0.05) is 35.9 Å². The van der Waals surface area contributed by atoms with Crippen molar-refractivity contribution in [3.63, 3.8) is 0 Å². The van der Waals surface area contributed by atoms with E-state index < -0.39 is 15.1 Å². The lowest BCUT2D eigenvalue weighted by molar-refractivity contribution is 0.0766. The van der Waals surface area contributed by atoms with Crippen molar-refractivity contribution in [1.29, 1.82) is 0 Å². The fraction of sp³-hybridized carbons (Fsp3) is 0.316. The zero-order valence-electron chi connectivity index (χ0n) is 14.4. The van der Waals surface area contributed by atoms with Crippen LogP contribution in [0.5, 0.6) is 0 Å². The highest BCUT2D eigenvalue weighted by Crippen LogP contribution is 2.34. The molecular formula is C19H20ClNO3S2. The molecule has 1 fully saturated rings. The number of hydrogen-bond acceptors (Lipinski definition) is 4. The SMILES string of the molecule is CSc1cccc(C(=O)N2CC[C@H](c3ccccc3Cl)S(=O)(=O)CC2)c1. The van der Waals surface area contributed by atoms with Crippen LogP contribution in [0.15, 0.2) is 53.4 Å². The van der Waals surface area contributed by atoms with Crippen molar-refractivity contribution < 1.29 is 13.2 Å². The minimum Gasteiger partial charge on any atom is -0.338 e. The summed E-state index contributed by atoms with van der Waals surface area (Å²) in [6.07, 6.45) is 2.30. The molecule has 2 aromatic rings. The number of carbonyl (C=O) groups is 1. The number of thioether (sulfide) groups is 1. The van der Waals surface area contributed by atoms with E-state index >= 15 is 0 Å². The normalized spacial score (nSPS) is 19.8. The molecule has 0 unspecified atom stereocenters. The summed E-state index contributed by atoms with van der Waals surface area (Å²) in [7, 11) is -3.38. The molecule has 1 heterocycles. The van der Waals surface area contributed by atoms with Gasteiger partial charge in [-0.05, 0) is 42.5 Å². The van der Waals surface area contributed by atoms with Crippen LogP contribution in [0, 0.1) is 0 Å². The number of rotatable bonds is 3. The highest BCUT2D eigenvalue weighted by molar-refractivity contribution is 7.98. The first-order valence-electron chi connectivity index (χ1n) is 8.31. The van der Waals surface area contributed by atoms with E-state index in [4.69, 9.17) is 11.6 Å². The monoisotopic (exact) mass is 409 g/mol. The third-order valence-electron chi connectivity index (χ3n) is 4.60. The predicted octanol–water partition coefficient (Wildman–Crippen LogP) is 4.06.